The van der Waals surface area contributed by atoms with Crippen LogP contribution in [0.3, 0.4) is 0 Å². The van der Waals surface area contributed by atoms with Crippen molar-refractivity contribution in [3.63, 3.8) is 0 Å². The van der Waals surface area contributed by atoms with Crippen LogP contribution in [0.5, 0.6) is 0 Å². The number of ketones is 1. The number of carbonyl (C=O) groups is 1. The maximum Gasteiger partial charge on any atom is 0.129 e. The van der Waals surface area contributed by atoms with Crippen LogP contribution in [0.25, 0.3) is 0 Å². The van der Waals surface area contributed by atoms with Gasteiger partial charge in [0.15, 0.2) is 0 Å². The van der Waals surface area contributed by atoms with Crippen LogP contribution in [0.15, 0.2) is 0 Å². The number of ether oxygens (including phenoxy) is 1. The molecule has 0 aliphatic carbocycles. The molecule has 1 heterocycles. The maximum absolute atomic E-state index is 10.6. The molecule has 70 valence electrons. The van der Waals surface area contributed by atoms with E-state index >= 15 is 0 Å². The number of hydrogen-bond acceptors (Lipinski definition) is 2. The minimum atomic E-state index is 0.289. The van der Waals surface area contributed by atoms with Crippen molar-refractivity contribution in [2.75, 3.05) is 0 Å². The average Bonchev–Trinajstić information content (AvgIpc) is 2.66. The molecule has 0 aromatic carbocycles. The highest BCUT2D eigenvalue weighted by atomic mass is 16.6. The van der Waals surface area contributed by atoms with Crippen molar-refractivity contribution >= 4 is 5.78 Å². The molecule has 1 aliphatic rings. The van der Waals surface area contributed by atoms with E-state index in [1.54, 1.807) is 6.92 Å². The third kappa shape index (κ3) is 2.94. The van der Waals surface area contributed by atoms with Crippen LogP contribution in [0.1, 0.15) is 40.0 Å². The molecular formula is C10H18O2. The Morgan fingerprint density at radius 1 is 1.50 bits per heavy atom. The molecule has 12 heavy (non-hydrogen) atoms. The number of epoxide rings is 1. The topological polar surface area (TPSA) is 29.6 Å². The fourth-order valence-electron chi connectivity index (χ4n) is 1.53. The zero-order chi connectivity index (χ0) is 9.14. The molecule has 1 saturated heterocycles. The van der Waals surface area contributed by atoms with Crippen LogP contribution in [0.4, 0.5) is 0 Å². The van der Waals surface area contributed by atoms with Gasteiger partial charge in [-0.3, -0.25) is 0 Å². The number of rotatable bonds is 5. The summed E-state index contributed by atoms with van der Waals surface area (Å²) in [6, 6.07) is 0. The van der Waals surface area contributed by atoms with Gasteiger partial charge in [0.2, 0.25) is 0 Å². The van der Waals surface area contributed by atoms with Gasteiger partial charge in [0.1, 0.15) is 5.78 Å². The highest BCUT2D eigenvalue weighted by Crippen LogP contribution is 2.32. The van der Waals surface area contributed by atoms with E-state index in [2.05, 4.69) is 13.8 Å². The first-order valence-electron chi connectivity index (χ1n) is 4.76. The fraction of sp³-hybridized carbons (Fsp3) is 0.900. The third-order valence-electron chi connectivity index (χ3n) is 2.30. The molecule has 0 bridgehead atoms. The Balaban J connectivity index is 2.01. The summed E-state index contributed by atoms with van der Waals surface area (Å²) in [5.41, 5.74) is 0. The molecule has 2 atom stereocenters. The number of Topliss-reactive ketones (excluding diaryl/α,β-unsaturated/α-hetero) is 1. The summed E-state index contributed by atoms with van der Waals surface area (Å²) in [5.74, 6) is 0.920. The average molecular weight is 170 g/mol. The van der Waals surface area contributed by atoms with Crippen LogP contribution in [0, 0.1) is 5.92 Å². The Hall–Kier alpha value is -0.370. The highest BCUT2D eigenvalue weighted by molar-refractivity contribution is 5.75. The molecule has 2 nitrogen and oxygen atoms in total. The van der Waals surface area contributed by atoms with Crippen molar-refractivity contribution < 1.29 is 9.53 Å². The molecule has 2 heteroatoms. The van der Waals surface area contributed by atoms with Gasteiger partial charge in [0, 0.05) is 6.42 Å². The van der Waals surface area contributed by atoms with E-state index in [1.165, 1.54) is 0 Å². The highest BCUT2D eigenvalue weighted by Gasteiger charge is 2.39. The molecular weight excluding hydrogens is 152 g/mol. The molecule has 0 amide bonds. The summed E-state index contributed by atoms with van der Waals surface area (Å²) in [6.45, 7) is 6.00. The van der Waals surface area contributed by atoms with E-state index in [4.69, 9.17) is 4.74 Å². The lowest BCUT2D eigenvalue weighted by molar-refractivity contribution is -0.117. The molecule has 0 radical (unpaired) electrons. The molecule has 1 rings (SSSR count). The molecule has 0 unspecified atom stereocenters. The summed E-state index contributed by atoms with van der Waals surface area (Å²) in [6.07, 6.45) is 3.68. The van der Waals surface area contributed by atoms with Gasteiger partial charge in [0.05, 0.1) is 12.2 Å². The van der Waals surface area contributed by atoms with Crippen molar-refractivity contribution in [1.82, 2.24) is 0 Å². The van der Waals surface area contributed by atoms with E-state index in [0.29, 0.717) is 24.5 Å². The van der Waals surface area contributed by atoms with Gasteiger partial charge in [-0.25, -0.2) is 0 Å². The van der Waals surface area contributed by atoms with Crippen LogP contribution >= 0.6 is 0 Å². The summed E-state index contributed by atoms with van der Waals surface area (Å²) >= 11 is 0. The Labute approximate surface area is 74.3 Å². The lowest BCUT2D eigenvalue weighted by Crippen LogP contribution is -2.02. The monoisotopic (exact) mass is 170 g/mol. The zero-order valence-electron chi connectivity index (χ0n) is 8.17. The van der Waals surface area contributed by atoms with Crippen LogP contribution in [-0.2, 0) is 9.53 Å². The van der Waals surface area contributed by atoms with Crippen LogP contribution in [-0.4, -0.2) is 18.0 Å². The van der Waals surface area contributed by atoms with E-state index < -0.39 is 0 Å². The lowest BCUT2D eigenvalue weighted by atomic mass is 10.0. The van der Waals surface area contributed by atoms with Crippen molar-refractivity contribution in [3.8, 4) is 0 Å². The van der Waals surface area contributed by atoms with Crippen molar-refractivity contribution in [1.29, 1.82) is 0 Å². The predicted molar refractivity (Wildman–Crippen MR) is 48.0 cm³/mol. The number of carbonyl (C=O) groups excluding carboxylic acids is 1. The summed E-state index contributed by atoms with van der Waals surface area (Å²) < 4.78 is 5.45. The smallest absolute Gasteiger partial charge is 0.129 e. The number of hydrogen-bond donors (Lipinski definition) is 0. The largest absolute Gasteiger partial charge is 0.369 e. The standard InChI is InChI=1S/C10H18O2/c1-7(2)10-9(12-10)6-4-5-8(3)11/h7,9-10H,4-6H2,1-3H3/t9-,10+/m0/s1. The van der Waals surface area contributed by atoms with Crippen molar-refractivity contribution in [3.05, 3.63) is 0 Å². The molecule has 1 fully saturated rings. The Bertz CT molecular complexity index is 163. The van der Waals surface area contributed by atoms with Gasteiger partial charge in [-0.05, 0) is 25.7 Å². The normalized spacial score (nSPS) is 27.7. The first kappa shape index (κ1) is 9.72. The predicted octanol–water partition coefficient (Wildman–Crippen LogP) is 2.17. The van der Waals surface area contributed by atoms with E-state index in [-0.39, 0.29) is 5.78 Å². The second-order valence-electron chi connectivity index (χ2n) is 3.98. The first-order valence-corrected chi connectivity index (χ1v) is 4.76. The SMILES string of the molecule is CC(=O)CCC[C@@H]1O[C@@H]1C(C)C. The van der Waals surface area contributed by atoms with Gasteiger partial charge in [-0.15, -0.1) is 0 Å². The molecule has 0 saturated carbocycles. The first-order chi connectivity index (χ1) is 5.61. The van der Waals surface area contributed by atoms with Gasteiger partial charge in [-0.1, -0.05) is 13.8 Å². The lowest BCUT2D eigenvalue weighted by Gasteiger charge is -1.97. The summed E-state index contributed by atoms with van der Waals surface area (Å²) in [5, 5.41) is 0. The third-order valence-corrected chi connectivity index (χ3v) is 2.30. The van der Waals surface area contributed by atoms with E-state index in [0.717, 1.165) is 12.8 Å². The minimum absolute atomic E-state index is 0.289. The molecule has 0 aromatic heterocycles. The quantitative estimate of drug-likeness (QED) is 0.592. The van der Waals surface area contributed by atoms with Gasteiger partial charge < -0.3 is 9.53 Å². The minimum Gasteiger partial charge on any atom is -0.369 e. The second kappa shape index (κ2) is 4.04. The molecule has 0 spiro atoms. The Kier molecular flexibility index (Phi) is 3.27. The Morgan fingerprint density at radius 2 is 2.17 bits per heavy atom. The molecule has 0 aromatic rings. The Morgan fingerprint density at radius 3 is 2.58 bits per heavy atom. The van der Waals surface area contributed by atoms with Gasteiger partial charge in [0.25, 0.3) is 0 Å². The van der Waals surface area contributed by atoms with Crippen molar-refractivity contribution in [2.24, 2.45) is 5.92 Å². The second-order valence-corrected chi connectivity index (χ2v) is 3.98. The van der Waals surface area contributed by atoms with E-state index in [9.17, 15) is 4.79 Å². The maximum atomic E-state index is 10.6. The molecule has 0 N–H and O–H groups in total. The van der Waals surface area contributed by atoms with Gasteiger partial charge in [-0.2, -0.15) is 0 Å². The summed E-state index contributed by atoms with van der Waals surface area (Å²) in [4.78, 5) is 10.6. The van der Waals surface area contributed by atoms with Crippen LogP contribution in [0.2, 0.25) is 0 Å². The van der Waals surface area contributed by atoms with Crippen molar-refractivity contribution in [2.45, 2.75) is 52.2 Å². The fourth-order valence-corrected chi connectivity index (χ4v) is 1.53. The van der Waals surface area contributed by atoms with Crippen LogP contribution < -0.4 is 0 Å². The van der Waals surface area contributed by atoms with Gasteiger partial charge >= 0.3 is 0 Å². The molecule has 1 aliphatic heterocycles. The zero-order valence-corrected chi connectivity index (χ0v) is 8.17. The summed E-state index contributed by atoms with van der Waals surface area (Å²) in [7, 11) is 0. The van der Waals surface area contributed by atoms with E-state index in [1.807, 2.05) is 0 Å².